The highest BCUT2D eigenvalue weighted by Crippen LogP contribution is 2.26. The number of methoxy groups -OCH3 is 1. The molecule has 1 atom stereocenters. The second-order valence-corrected chi connectivity index (χ2v) is 8.85. The Morgan fingerprint density at radius 1 is 1.27 bits per heavy atom. The molecule has 2 rings (SSSR count). The van der Waals surface area contributed by atoms with E-state index in [2.05, 4.69) is 20.7 Å². The number of rotatable bonds is 6. The average molecular weight is 404 g/mol. The first-order chi connectivity index (χ1) is 10.4. The van der Waals surface area contributed by atoms with Gasteiger partial charge in [-0.1, -0.05) is 30.3 Å². The first kappa shape index (κ1) is 17.1. The Kier molecular flexibility index (Phi) is 5.74. The third kappa shape index (κ3) is 4.39. The number of thiophene rings is 1. The molecule has 1 aromatic carbocycles. The zero-order valence-corrected chi connectivity index (χ0v) is 14.9. The van der Waals surface area contributed by atoms with E-state index in [1.54, 1.807) is 6.07 Å². The molecule has 0 saturated carbocycles. The Bertz CT molecular complexity index is 743. The minimum absolute atomic E-state index is 0.140. The molecule has 0 aliphatic carbocycles. The second kappa shape index (κ2) is 7.36. The van der Waals surface area contributed by atoms with E-state index in [9.17, 15) is 13.2 Å². The third-order valence-corrected chi connectivity index (χ3v) is 6.47. The van der Waals surface area contributed by atoms with Crippen LogP contribution in [0.15, 0.2) is 50.5 Å². The van der Waals surface area contributed by atoms with E-state index in [0.717, 1.165) is 16.9 Å². The van der Waals surface area contributed by atoms with Crippen LogP contribution in [-0.4, -0.2) is 27.5 Å². The molecular formula is C14H14BrNO4S2. The SMILES string of the molecule is COC(=O)[C@@H](Cc1ccccc1)NS(=O)(=O)c1ccc(Br)s1. The summed E-state index contributed by atoms with van der Waals surface area (Å²) in [6.45, 7) is 0. The summed E-state index contributed by atoms with van der Waals surface area (Å²) in [5.74, 6) is -0.622. The van der Waals surface area contributed by atoms with E-state index in [4.69, 9.17) is 4.74 Å². The molecular weight excluding hydrogens is 390 g/mol. The summed E-state index contributed by atoms with van der Waals surface area (Å²) in [7, 11) is -2.54. The summed E-state index contributed by atoms with van der Waals surface area (Å²) in [6.07, 6.45) is 0.222. The number of nitrogens with one attached hydrogen (secondary N) is 1. The fourth-order valence-electron chi connectivity index (χ4n) is 1.85. The number of hydrogen-bond donors (Lipinski definition) is 1. The Morgan fingerprint density at radius 3 is 2.50 bits per heavy atom. The van der Waals surface area contributed by atoms with Gasteiger partial charge < -0.3 is 4.74 Å². The number of carbonyl (C=O) groups is 1. The van der Waals surface area contributed by atoms with Gasteiger partial charge in [0.1, 0.15) is 10.3 Å². The van der Waals surface area contributed by atoms with Gasteiger partial charge in [0.2, 0.25) is 0 Å². The van der Waals surface area contributed by atoms with Crippen molar-refractivity contribution in [2.24, 2.45) is 0 Å². The largest absolute Gasteiger partial charge is 0.468 e. The number of sulfonamides is 1. The molecule has 1 N–H and O–H groups in total. The minimum Gasteiger partial charge on any atom is -0.468 e. The van der Waals surface area contributed by atoms with Crippen LogP contribution < -0.4 is 4.72 Å². The van der Waals surface area contributed by atoms with E-state index >= 15 is 0 Å². The van der Waals surface area contributed by atoms with E-state index in [1.807, 2.05) is 30.3 Å². The van der Waals surface area contributed by atoms with Crippen LogP contribution >= 0.6 is 27.3 Å². The van der Waals surface area contributed by atoms with E-state index in [1.165, 1.54) is 13.2 Å². The van der Waals surface area contributed by atoms with Crippen molar-refractivity contribution in [3.8, 4) is 0 Å². The number of carbonyl (C=O) groups excluding carboxylic acids is 1. The monoisotopic (exact) mass is 403 g/mol. The smallest absolute Gasteiger partial charge is 0.324 e. The highest BCUT2D eigenvalue weighted by atomic mass is 79.9. The molecule has 8 heteroatoms. The minimum atomic E-state index is -3.78. The zero-order valence-electron chi connectivity index (χ0n) is 11.7. The van der Waals surface area contributed by atoms with Crippen LogP contribution in [0.1, 0.15) is 5.56 Å². The molecule has 0 amide bonds. The molecule has 1 heterocycles. The topological polar surface area (TPSA) is 72.5 Å². The summed E-state index contributed by atoms with van der Waals surface area (Å²) in [5.41, 5.74) is 0.841. The standard InChI is InChI=1S/C14H14BrNO4S2/c1-20-14(17)11(9-10-5-3-2-4-6-10)16-22(18,19)13-8-7-12(15)21-13/h2-8,11,16H,9H2,1H3/t11-/m1/s1. The van der Waals surface area contributed by atoms with Crippen molar-refractivity contribution in [2.75, 3.05) is 7.11 Å². The van der Waals surface area contributed by atoms with Crippen LogP contribution in [-0.2, 0) is 26.0 Å². The zero-order chi connectivity index (χ0) is 16.2. The van der Waals surface area contributed by atoms with Gasteiger partial charge in [0.15, 0.2) is 0 Å². The normalized spacial score (nSPS) is 12.8. The maximum atomic E-state index is 12.3. The van der Waals surface area contributed by atoms with Crippen molar-refractivity contribution in [1.82, 2.24) is 4.72 Å². The summed E-state index contributed by atoms with van der Waals surface area (Å²) in [4.78, 5) is 11.9. The maximum absolute atomic E-state index is 12.3. The lowest BCUT2D eigenvalue weighted by molar-refractivity contribution is -0.142. The van der Waals surface area contributed by atoms with E-state index in [-0.39, 0.29) is 10.6 Å². The van der Waals surface area contributed by atoms with Crippen LogP contribution in [0.25, 0.3) is 0 Å². The van der Waals surface area contributed by atoms with Crippen LogP contribution in [0.4, 0.5) is 0 Å². The number of esters is 1. The van der Waals surface area contributed by atoms with Crippen molar-refractivity contribution in [1.29, 1.82) is 0 Å². The van der Waals surface area contributed by atoms with Gasteiger partial charge in [-0.3, -0.25) is 4.79 Å². The molecule has 0 aliphatic rings. The molecule has 1 aromatic heterocycles. The number of benzene rings is 1. The Hall–Kier alpha value is -1.22. The molecule has 0 spiro atoms. The first-order valence-corrected chi connectivity index (χ1v) is 9.41. The molecule has 0 unspecified atom stereocenters. The van der Waals surface area contributed by atoms with Gasteiger partial charge in [0, 0.05) is 0 Å². The van der Waals surface area contributed by atoms with E-state index in [0.29, 0.717) is 3.79 Å². The van der Waals surface area contributed by atoms with Crippen LogP contribution in [0.3, 0.4) is 0 Å². The first-order valence-electron chi connectivity index (χ1n) is 6.32. The van der Waals surface area contributed by atoms with Crippen LogP contribution in [0.5, 0.6) is 0 Å². The van der Waals surface area contributed by atoms with Gasteiger partial charge in [0.05, 0.1) is 10.9 Å². The fourth-order valence-corrected chi connectivity index (χ4v) is 5.06. The third-order valence-electron chi connectivity index (χ3n) is 2.88. The Balaban J connectivity index is 2.21. The van der Waals surface area contributed by atoms with Crippen LogP contribution in [0.2, 0.25) is 0 Å². The van der Waals surface area contributed by atoms with Gasteiger partial charge in [-0.05, 0) is 40.0 Å². The van der Waals surface area contributed by atoms with Gasteiger partial charge in [-0.2, -0.15) is 4.72 Å². The lowest BCUT2D eigenvalue weighted by atomic mass is 10.1. The maximum Gasteiger partial charge on any atom is 0.324 e. The highest BCUT2D eigenvalue weighted by Gasteiger charge is 2.27. The number of hydrogen-bond acceptors (Lipinski definition) is 5. The van der Waals surface area contributed by atoms with Crippen molar-refractivity contribution < 1.29 is 17.9 Å². The predicted octanol–water partition coefficient (Wildman–Crippen LogP) is 2.57. The summed E-state index contributed by atoms with van der Waals surface area (Å²) in [5, 5.41) is 0. The van der Waals surface area contributed by atoms with E-state index < -0.39 is 22.0 Å². The fraction of sp³-hybridized carbons (Fsp3) is 0.214. The molecule has 0 bridgehead atoms. The number of ether oxygens (including phenoxy) is 1. The molecule has 22 heavy (non-hydrogen) atoms. The van der Waals surface area contributed by atoms with Gasteiger partial charge in [-0.25, -0.2) is 8.42 Å². The van der Waals surface area contributed by atoms with Gasteiger partial charge in [0.25, 0.3) is 10.0 Å². The lowest BCUT2D eigenvalue weighted by Crippen LogP contribution is -2.42. The predicted molar refractivity (Wildman–Crippen MR) is 88.3 cm³/mol. The molecule has 0 saturated heterocycles. The Labute approximate surface area is 141 Å². The molecule has 0 fully saturated rings. The van der Waals surface area contributed by atoms with Crippen LogP contribution in [0, 0.1) is 0 Å². The quantitative estimate of drug-likeness (QED) is 0.752. The van der Waals surface area contributed by atoms with Crippen molar-refractivity contribution in [2.45, 2.75) is 16.7 Å². The summed E-state index contributed by atoms with van der Waals surface area (Å²) >= 11 is 4.30. The van der Waals surface area contributed by atoms with Crippen molar-refractivity contribution in [3.63, 3.8) is 0 Å². The highest BCUT2D eigenvalue weighted by molar-refractivity contribution is 9.11. The molecule has 2 aromatic rings. The van der Waals surface area contributed by atoms with Crippen molar-refractivity contribution in [3.05, 3.63) is 51.8 Å². The molecule has 5 nitrogen and oxygen atoms in total. The van der Waals surface area contributed by atoms with Crippen molar-refractivity contribution >= 4 is 43.3 Å². The summed E-state index contributed by atoms with van der Waals surface area (Å²) < 4.78 is 32.6. The second-order valence-electron chi connectivity index (χ2n) is 4.45. The summed E-state index contributed by atoms with van der Waals surface area (Å²) in [6, 6.07) is 11.3. The molecule has 0 aliphatic heterocycles. The van der Waals surface area contributed by atoms with Gasteiger partial charge >= 0.3 is 5.97 Å². The lowest BCUT2D eigenvalue weighted by Gasteiger charge is -2.16. The molecule has 118 valence electrons. The molecule has 0 radical (unpaired) electrons. The van der Waals surface area contributed by atoms with Gasteiger partial charge in [-0.15, -0.1) is 11.3 Å². The number of halogens is 1. The average Bonchev–Trinajstić information content (AvgIpc) is 2.94. The Morgan fingerprint density at radius 2 is 1.95 bits per heavy atom.